The second kappa shape index (κ2) is 8.05. The van der Waals surface area contributed by atoms with Gasteiger partial charge in [-0.05, 0) is 58.5 Å². The third kappa shape index (κ3) is 3.72. The minimum atomic E-state index is 1.04. The van der Waals surface area contributed by atoms with Gasteiger partial charge in [0.1, 0.15) is 0 Å². The number of unbranched alkanes of at least 4 members (excludes halogenated alkanes) is 2. The van der Waals surface area contributed by atoms with Crippen LogP contribution in [0.4, 0.5) is 5.69 Å². The Labute approximate surface area is 155 Å². The number of benzene rings is 4. The molecule has 0 aliphatic carbocycles. The van der Waals surface area contributed by atoms with Gasteiger partial charge in [-0.15, -0.1) is 0 Å². The Morgan fingerprint density at radius 1 is 0.577 bits per heavy atom. The molecule has 4 aromatic carbocycles. The number of aryl methyl sites for hydroxylation is 1. The van der Waals surface area contributed by atoms with Gasteiger partial charge in [-0.2, -0.15) is 0 Å². The molecule has 1 N–H and O–H groups in total. The topological polar surface area (TPSA) is 12.0 Å². The Balaban J connectivity index is 1.39. The van der Waals surface area contributed by atoms with E-state index in [0.29, 0.717) is 0 Å². The minimum Gasteiger partial charge on any atom is -0.385 e. The predicted octanol–water partition coefficient (Wildman–Crippen LogP) is 6.82. The highest BCUT2D eigenvalue weighted by molar-refractivity contribution is 6.08. The molecule has 1 heteroatoms. The van der Waals surface area contributed by atoms with Gasteiger partial charge in [-0.25, -0.2) is 0 Å². The zero-order valence-electron chi connectivity index (χ0n) is 15.1. The first-order valence-electron chi connectivity index (χ1n) is 9.60. The van der Waals surface area contributed by atoms with Crippen LogP contribution in [0.3, 0.4) is 0 Å². The quantitative estimate of drug-likeness (QED) is 0.288. The van der Waals surface area contributed by atoms with Crippen molar-refractivity contribution < 1.29 is 0 Å². The summed E-state index contributed by atoms with van der Waals surface area (Å²) < 4.78 is 0. The van der Waals surface area contributed by atoms with Gasteiger partial charge in [0.25, 0.3) is 0 Å². The summed E-state index contributed by atoms with van der Waals surface area (Å²) in [6, 6.07) is 30.4. The summed E-state index contributed by atoms with van der Waals surface area (Å²) in [5, 5.41) is 9.00. The molecule has 0 radical (unpaired) electrons. The van der Waals surface area contributed by atoms with Crippen molar-refractivity contribution >= 4 is 27.2 Å². The van der Waals surface area contributed by atoms with Crippen molar-refractivity contribution in [2.45, 2.75) is 25.7 Å². The fraction of sp³-hybridized carbons (Fsp3) is 0.200. The van der Waals surface area contributed by atoms with Gasteiger partial charge < -0.3 is 5.32 Å². The van der Waals surface area contributed by atoms with Gasteiger partial charge in [0, 0.05) is 12.2 Å². The first-order chi connectivity index (χ1) is 12.9. The lowest BCUT2D eigenvalue weighted by molar-refractivity contribution is 0.700. The molecule has 0 spiro atoms. The maximum Gasteiger partial charge on any atom is 0.0340 e. The van der Waals surface area contributed by atoms with Crippen molar-refractivity contribution in [3.05, 3.63) is 90.5 Å². The maximum absolute atomic E-state index is 3.50. The van der Waals surface area contributed by atoms with Crippen LogP contribution in [0.15, 0.2) is 84.9 Å². The summed E-state index contributed by atoms with van der Waals surface area (Å²) in [6.45, 7) is 1.04. The normalized spacial score (nSPS) is 11.1. The molecule has 26 heavy (non-hydrogen) atoms. The van der Waals surface area contributed by atoms with Crippen LogP contribution in [0.1, 0.15) is 24.8 Å². The molecular weight excluding hydrogens is 314 g/mol. The Kier molecular flexibility index (Phi) is 5.16. The number of anilines is 1. The van der Waals surface area contributed by atoms with Crippen molar-refractivity contribution in [1.29, 1.82) is 0 Å². The van der Waals surface area contributed by atoms with Crippen molar-refractivity contribution in [3.8, 4) is 0 Å². The average Bonchev–Trinajstić information content (AvgIpc) is 2.71. The lowest BCUT2D eigenvalue weighted by Gasteiger charge is -2.11. The summed E-state index contributed by atoms with van der Waals surface area (Å²) in [4.78, 5) is 0. The van der Waals surface area contributed by atoms with E-state index in [-0.39, 0.29) is 0 Å². The smallest absolute Gasteiger partial charge is 0.0340 e. The molecule has 4 aromatic rings. The molecule has 0 amide bonds. The lowest BCUT2D eigenvalue weighted by Crippen LogP contribution is -2.01. The zero-order chi connectivity index (χ0) is 17.6. The van der Waals surface area contributed by atoms with E-state index in [1.807, 2.05) is 0 Å². The van der Waals surface area contributed by atoms with Gasteiger partial charge >= 0.3 is 0 Å². The van der Waals surface area contributed by atoms with Gasteiger partial charge in [-0.3, -0.25) is 0 Å². The lowest BCUT2D eigenvalue weighted by atomic mass is 9.94. The summed E-state index contributed by atoms with van der Waals surface area (Å²) in [6.07, 6.45) is 4.84. The van der Waals surface area contributed by atoms with Crippen molar-refractivity contribution in [1.82, 2.24) is 0 Å². The zero-order valence-corrected chi connectivity index (χ0v) is 15.1. The van der Waals surface area contributed by atoms with Crippen LogP contribution in [-0.2, 0) is 6.42 Å². The van der Waals surface area contributed by atoms with E-state index < -0.39 is 0 Å². The van der Waals surface area contributed by atoms with Crippen LogP contribution >= 0.6 is 0 Å². The molecule has 0 atom stereocenters. The van der Waals surface area contributed by atoms with E-state index in [4.69, 9.17) is 0 Å². The van der Waals surface area contributed by atoms with E-state index in [1.54, 1.807) is 0 Å². The van der Waals surface area contributed by atoms with E-state index in [0.717, 1.165) is 13.0 Å². The minimum absolute atomic E-state index is 1.04. The molecule has 0 heterocycles. The fourth-order valence-corrected chi connectivity index (χ4v) is 3.74. The molecule has 130 valence electrons. The monoisotopic (exact) mass is 339 g/mol. The average molecular weight is 339 g/mol. The molecule has 0 fully saturated rings. The van der Waals surface area contributed by atoms with Crippen LogP contribution in [0, 0.1) is 0 Å². The third-order valence-electron chi connectivity index (χ3n) is 5.08. The van der Waals surface area contributed by atoms with Gasteiger partial charge in [0.15, 0.2) is 0 Å². The van der Waals surface area contributed by atoms with Crippen LogP contribution in [0.5, 0.6) is 0 Å². The summed E-state index contributed by atoms with van der Waals surface area (Å²) in [7, 11) is 0. The number of hydrogen-bond acceptors (Lipinski definition) is 1. The SMILES string of the molecule is c1ccc(NCCCCCc2cc3ccccc3c3ccccc23)cc1. The Morgan fingerprint density at radius 2 is 1.27 bits per heavy atom. The molecule has 0 unspecified atom stereocenters. The Morgan fingerprint density at radius 3 is 2.12 bits per heavy atom. The molecular formula is C25H25N. The molecule has 0 saturated heterocycles. The molecule has 0 aliphatic rings. The van der Waals surface area contributed by atoms with Crippen LogP contribution in [-0.4, -0.2) is 6.54 Å². The van der Waals surface area contributed by atoms with Gasteiger partial charge in [0.05, 0.1) is 0 Å². The molecule has 0 saturated carbocycles. The second-order valence-corrected chi connectivity index (χ2v) is 6.91. The molecule has 4 rings (SSSR count). The van der Waals surface area contributed by atoms with E-state index in [2.05, 4.69) is 90.2 Å². The predicted molar refractivity (Wildman–Crippen MR) is 114 cm³/mol. The first-order valence-corrected chi connectivity index (χ1v) is 9.60. The van der Waals surface area contributed by atoms with Gasteiger partial charge in [0.2, 0.25) is 0 Å². The molecule has 1 nitrogen and oxygen atoms in total. The second-order valence-electron chi connectivity index (χ2n) is 6.91. The molecule has 0 aromatic heterocycles. The number of para-hydroxylation sites is 1. The van der Waals surface area contributed by atoms with Crippen molar-refractivity contribution in [3.63, 3.8) is 0 Å². The highest BCUT2D eigenvalue weighted by atomic mass is 14.9. The van der Waals surface area contributed by atoms with Crippen LogP contribution in [0.25, 0.3) is 21.5 Å². The summed E-state index contributed by atoms with van der Waals surface area (Å²) in [5.41, 5.74) is 2.70. The highest BCUT2D eigenvalue weighted by Gasteiger charge is 2.05. The number of rotatable bonds is 7. The molecule has 0 aliphatic heterocycles. The van der Waals surface area contributed by atoms with Crippen LogP contribution < -0.4 is 5.32 Å². The van der Waals surface area contributed by atoms with Crippen molar-refractivity contribution in [2.24, 2.45) is 0 Å². The standard InChI is InChI=1S/C25H25N/c1-4-13-22(14-5-1)26-18-10-2-3-11-20-19-21-12-6-7-15-23(21)25-17-9-8-16-24(20)25/h1,4-9,12-17,19,26H,2-3,10-11,18H2. The maximum atomic E-state index is 3.50. The number of fused-ring (bicyclic) bond motifs is 3. The first kappa shape index (κ1) is 16.7. The third-order valence-corrected chi connectivity index (χ3v) is 5.08. The van der Waals surface area contributed by atoms with Gasteiger partial charge in [-0.1, -0.05) is 79.2 Å². The summed E-state index contributed by atoms with van der Waals surface area (Å²) in [5.74, 6) is 0. The van der Waals surface area contributed by atoms with E-state index >= 15 is 0 Å². The summed E-state index contributed by atoms with van der Waals surface area (Å²) >= 11 is 0. The van der Waals surface area contributed by atoms with E-state index in [1.165, 1.54) is 52.1 Å². The van der Waals surface area contributed by atoms with Crippen LogP contribution in [0.2, 0.25) is 0 Å². The van der Waals surface area contributed by atoms with E-state index in [9.17, 15) is 0 Å². The number of nitrogens with one attached hydrogen (secondary N) is 1. The molecule has 0 bridgehead atoms. The number of hydrogen-bond donors (Lipinski definition) is 1. The largest absolute Gasteiger partial charge is 0.385 e. The van der Waals surface area contributed by atoms with Crippen molar-refractivity contribution in [2.75, 3.05) is 11.9 Å². The Hall–Kier alpha value is -2.80. The Bertz CT molecular complexity index is 988. The fourth-order valence-electron chi connectivity index (χ4n) is 3.74. The highest BCUT2D eigenvalue weighted by Crippen LogP contribution is 2.29.